The van der Waals surface area contributed by atoms with Gasteiger partial charge in [-0.05, 0) is 35.7 Å². The number of fused-ring (bicyclic) bond motifs is 1. The summed E-state index contributed by atoms with van der Waals surface area (Å²) < 4.78 is 1.91. The van der Waals surface area contributed by atoms with Crippen molar-refractivity contribution in [2.45, 2.75) is 16.2 Å². The maximum absolute atomic E-state index is 11.6. The first kappa shape index (κ1) is 17.9. The molecule has 122 valence electrons. The normalized spacial score (nSPS) is 14.4. The van der Waals surface area contributed by atoms with Crippen molar-refractivity contribution in [1.29, 1.82) is 0 Å². The SMILES string of the molecule is Nc1ccccc1S.O=C1Cc2ccccc2SN(CCO)C1. The van der Waals surface area contributed by atoms with Crippen LogP contribution in [-0.2, 0) is 11.2 Å². The van der Waals surface area contributed by atoms with Crippen LogP contribution in [0.1, 0.15) is 5.56 Å². The van der Waals surface area contributed by atoms with Crippen LogP contribution in [0.5, 0.6) is 0 Å². The second-order valence-corrected chi connectivity index (χ2v) is 6.68. The zero-order chi connectivity index (χ0) is 16.7. The third-order valence-corrected chi connectivity index (χ3v) is 4.80. The van der Waals surface area contributed by atoms with Gasteiger partial charge in [-0.25, -0.2) is 4.31 Å². The van der Waals surface area contributed by atoms with Crippen molar-refractivity contribution in [2.75, 3.05) is 25.4 Å². The molecule has 0 unspecified atom stereocenters. The number of nitrogens with two attached hydrogens (primary N) is 1. The van der Waals surface area contributed by atoms with Crippen LogP contribution in [0.15, 0.2) is 58.3 Å². The summed E-state index contributed by atoms with van der Waals surface area (Å²) in [5, 5.41) is 8.88. The van der Waals surface area contributed by atoms with Crippen LogP contribution < -0.4 is 5.73 Å². The molecule has 0 aromatic heterocycles. The molecular formula is C17H20N2O2S2. The number of benzene rings is 2. The Morgan fingerprint density at radius 3 is 2.52 bits per heavy atom. The number of hydrogen-bond acceptors (Lipinski definition) is 6. The van der Waals surface area contributed by atoms with Gasteiger partial charge in [0, 0.05) is 28.4 Å². The summed E-state index contributed by atoms with van der Waals surface area (Å²) in [5.41, 5.74) is 7.27. The number of nitrogens with zero attached hydrogens (tertiary/aromatic N) is 1. The van der Waals surface area contributed by atoms with Crippen molar-refractivity contribution >= 4 is 36.0 Å². The topological polar surface area (TPSA) is 66.6 Å². The monoisotopic (exact) mass is 348 g/mol. The molecule has 0 radical (unpaired) electrons. The lowest BCUT2D eigenvalue weighted by atomic mass is 10.1. The van der Waals surface area contributed by atoms with Gasteiger partial charge >= 0.3 is 0 Å². The fraction of sp³-hybridized carbons (Fsp3) is 0.235. The lowest BCUT2D eigenvalue weighted by Gasteiger charge is -2.16. The molecule has 1 aliphatic rings. The van der Waals surface area contributed by atoms with Gasteiger partial charge in [-0.3, -0.25) is 4.79 Å². The minimum Gasteiger partial charge on any atom is -0.398 e. The van der Waals surface area contributed by atoms with E-state index in [1.165, 1.54) is 0 Å². The zero-order valence-electron chi connectivity index (χ0n) is 12.7. The van der Waals surface area contributed by atoms with Crippen LogP contribution in [0, 0.1) is 0 Å². The number of aliphatic hydroxyl groups excluding tert-OH is 1. The molecule has 0 aliphatic carbocycles. The molecule has 1 aliphatic heterocycles. The minimum atomic E-state index is 0.0858. The molecule has 1 heterocycles. The molecule has 3 rings (SSSR count). The van der Waals surface area contributed by atoms with E-state index in [2.05, 4.69) is 12.6 Å². The Bertz CT molecular complexity index is 644. The maximum atomic E-state index is 11.6. The quantitative estimate of drug-likeness (QED) is 0.442. The number of rotatable bonds is 2. The summed E-state index contributed by atoms with van der Waals surface area (Å²) >= 11 is 5.63. The fourth-order valence-electron chi connectivity index (χ4n) is 2.10. The smallest absolute Gasteiger partial charge is 0.152 e. The van der Waals surface area contributed by atoms with E-state index in [1.54, 1.807) is 11.9 Å². The van der Waals surface area contributed by atoms with Gasteiger partial charge in [0.25, 0.3) is 0 Å². The molecule has 0 atom stereocenters. The second-order valence-electron chi connectivity index (χ2n) is 5.06. The van der Waals surface area contributed by atoms with Crippen molar-refractivity contribution in [2.24, 2.45) is 0 Å². The van der Waals surface area contributed by atoms with Crippen LogP contribution >= 0.6 is 24.6 Å². The first-order valence-electron chi connectivity index (χ1n) is 7.27. The number of hydrogen-bond donors (Lipinski definition) is 3. The van der Waals surface area contributed by atoms with Gasteiger partial charge in [0.1, 0.15) is 0 Å². The molecule has 23 heavy (non-hydrogen) atoms. The molecule has 0 bridgehead atoms. The van der Waals surface area contributed by atoms with Crippen LogP contribution in [0.3, 0.4) is 0 Å². The number of nitrogen functional groups attached to an aromatic ring is 1. The van der Waals surface area contributed by atoms with E-state index in [1.807, 2.05) is 52.8 Å². The van der Waals surface area contributed by atoms with Crippen LogP contribution in [0.4, 0.5) is 5.69 Å². The van der Waals surface area contributed by atoms with Gasteiger partial charge in [-0.15, -0.1) is 12.6 Å². The highest BCUT2D eigenvalue weighted by Gasteiger charge is 2.19. The lowest BCUT2D eigenvalue weighted by molar-refractivity contribution is -0.118. The maximum Gasteiger partial charge on any atom is 0.152 e. The van der Waals surface area contributed by atoms with Crippen molar-refractivity contribution in [1.82, 2.24) is 4.31 Å². The van der Waals surface area contributed by atoms with Gasteiger partial charge < -0.3 is 10.8 Å². The number of anilines is 1. The summed E-state index contributed by atoms with van der Waals surface area (Å²) in [6.45, 7) is 1.03. The molecule has 0 saturated carbocycles. The van der Waals surface area contributed by atoms with Crippen LogP contribution in [0.25, 0.3) is 0 Å². The van der Waals surface area contributed by atoms with E-state index in [0.29, 0.717) is 19.5 Å². The van der Waals surface area contributed by atoms with Crippen LogP contribution in [-0.4, -0.2) is 34.9 Å². The Balaban J connectivity index is 0.000000203. The largest absolute Gasteiger partial charge is 0.398 e. The number of thiol groups is 1. The molecule has 6 heteroatoms. The van der Waals surface area contributed by atoms with Crippen molar-refractivity contribution in [3.63, 3.8) is 0 Å². The van der Waals surface area contributed by atoms with Gasteiger partial charge in [-0.2, -0.15) is 0 Å². The van der Waals surface area contributed by atoms with E-state index in [0.717, 1.165) is 21.0 Å². The zero-order valence-corrected chi connectivity index (χ0v) is 14.4. The highest BCUT2D eigenvalue weighted by Crippen LogP contribution is 2.29. The molecule has 0 saturated heterocycles. The van der Waals surface area contributed by atoms with Gasteiger partial charge in [-0.1, -0.05) is 30.3 Å². The number of aliphatic hydroxyl groups is 1. The van der Waals surface area contributed by atoms with E-state index in [4.69, 9.17) is 10.8 Å². The number of β-amino-alcohol motifs (C(OH)–C–C–N with tert-alkyl or cyclic N) is 1. The average Bonchev–Trinajstić information content (AvgIpc) is 2.68. The summed E-state index contributed by atoms with van der Waals surface area (Å²) in [7, 11) is 0. The Morgan fingerprint density at radius 2 is 1.87 bits per heavy atom. The third-order valence-electron chi connectivity index (χ3n) is 3.23. The highest BCUT2D eigenvalue weighted by molar-refractivity contribution is 7.97. The Kier molecular flexibility index (Phi) is 6.98. The third kappa shape index (κ3) is 5.58. The standard InChI is InChI=1S/C11H13NO2S.C6H7NS/c13-6-5-12-8-10(14)7-9-3-1-2-4-11(9)15-12;7-5-3-1-2-4-6(5)8/h1-4,13H,5-8H2;1-4,8H,7H2. The number of carbonyl (C=O) groups is 1. The number of ketones is 1. The summed E-state index contributed by atoms with van der Waals surface area (Å²) in [5.74, 6) is 0.209. The number of para-hydroxylation sites is 1. The van der Waals surface area contributed by atoms with Gasteiger partial charge in [0.2, 0.25) is 0 Å². The summed E-state index contributed by atoms with van der Waals surface area (Å²) in [6, 6.07) is 15.4. The lowest BCUT2D eigenvalue weighted by Crippen LogP contribution is -2.25. The number of carbonyl (C=O) groups excluding carboxylic acids is 1. The Hall–Kier alpha value is -1.47. The molecule has 2 aromatic rings. The van der Waals surface area contributed by atoms with E-state index < -0.39 is 0 Å². The molecule has 4 nitrogen and oxygen atoms in total. The average molecular weight is 348 g/mol. The number of Topliss-reactive ketones (excluding diaryl/α,β-unsaturated/α-hetero) is 1. The minimum absolute atomic E-state index is 0.0858. The molecule has 3 N–H and O–H groups in total. The first-order chi connectivity index (χ1) is 11.1. The molecule has 2 aromatic carbocycles. The van der Waals surface area contributed by atoms with Crippen molar-refractivity contribution in [3.05, 3.63) is 54.1 Å². The van der Waals surface area contributed by atoms with Crippen molar-refractivity contribution < 1.29 is 9.90 Å². The Labute approximate surface area is 146 Å². The van der Waals surface area contributed by atoms with E-state index in [9.17, 15) is 4.79 Å². The Morgan fingerprint density at radius 1 is 1.17 bits per heavy atom. The van der Waals surface area contributed by atoms with Crippen LogP contribution in [0.2, 0.25) is 0 Å². The molecule has 0 amide bonds. The van der Waals surface area contributed by atoms with Crippen molar-refractivity contribution in [3.8, 4) is 0 Å². The van der Waals surface area contributed by atoms with E-state index in [-0.39, 0.29) is 12.4 Å². The van der Waals surface area contributed by atoms with Gasteiger partial charge in [0.05, 0.1) is 13.2 Å². The van der Waals surface area contributed by atoms with E-state index >= 15 is 0 Å². The highest BCUT2D eigenvalue weighted by atomic mass is 32.2. The molecule has 0 spiro atoms. The molecular weight excluding hydrogens is 328 g/mol. The summed E-state index contributed by atoms with van der Waals surface area (Å²) in [6.07, 6.45) is 0.505. The second kappa shape index (κ2) is 8.98. The van der Waals surface area contributed by atoms with Gasteiger partial charge in [0.15, 0.2) is 5.78 Å². The summed E-state index contributed by atoms with van der Waals surface area (Å²) in [4.78, 5) is 13.6. The first-order valence-corrected chi connectivity index (χ1v) is 8.49. The predicted octanol–water partition coefficient (Wildman–Crippen LogP) is 2.67. The predicted molar refractivity (Wildman–Crippen MR) is 97.8 cm³/mol. The molecule has 0 fully saturated rings. The fourth-order valence-corrected chi connectivity index (χ4v) is 3.32.